The number of terminal acetylenes is 1. The van der Waals surface area contributed by atoms with Crippen LogP contribution in [0.5, 0.6) is 0 Å². The molecule has 0 spiro atoms. The van der Waals surface area contributed by atoms with Gasteiger partial charge in [-0.15, -0.1) is 6.42 Å². The van der Waals surface area contributed by atoms with Gasteiger partial charge in [0, 0.05) is 17.9 Å². The van der Waals surface area contributed by atoms with Crippen molar-refractivity contribution >= 4 is 11.8 Å². The molecule has 1 N–H and O–H groups in total. The number of ether oxygens (including phenoxy) is 2. The summed E-state index contributed by atoms with van der Waals surface area (Å²) in [4.78, 5) is 11.4. The summed E-state index contributed by atoms with van der Waals surface area (Å²) < 4.78 is 10.1. The van der Waals surface area contributed by atoms with Crippen LogP contribution in [0.3, 0.4) is 0 Å². The molecule has 4 nitrogen and oxygen atoms in total. The van der Waals surface area contributed by atoms with Crippen molar-refractivity contribution in [1.29, 1.82) is 0 Å². The highest BCUT2D eigenvalue weighted by Gasteiger charge is 2.02. The molecule has 4 heteroatoms. The summed E-state index contributed by atoms with van der Waals surface area (Å²) in [7, 11) is 0. The molecule has 0 radical (unpaired) electrons. The molecule has 18 heavy (non-hydrogen) atoms. The van der Waals surface area contributed by atoms with Crippen LogP contribution >= 0.6 is 0 Å². The zero-order chi connectivity index (χ0) is 13.2. The molecule has 1 rings (SSSR count). The van der Waals surface area contributed by atoms with Crippen LogP contribution in [0.2, 0.25) is 0 Å². The summed E-state index contributed by atoms with van der Waals surface area (Å²) in [5.41, 5.74) is 1.41. The number of hydrogen-bond acceptors (Lipinski definition) is 3. The van der Waals surface area contributed by atoms with Gasteiger partial charge in [-0.2, -0.15) is 0 Å². The molecule has 0 heterocycles. The van der Waals surface area contributed by atoms with Gasteiger partial charge in [-0.3, -0.25) is 5.32 Å². The average molecular weight is 247 g/mol. The van der Waals surface area contributed by atoms with Gasteiger partial charge >= 0.3 is 6.09 Å². The van der Waals surface area contributed by atoms with Gasteiger partial charge in [0.15, 0.2) is 0 Å². The molecule has 0 atom stereocenters. The number of rotatable bonds is 6. The molecule has 1 aromatic carbocycles. The van der Waals surface area contributed by atoms with Gasteiger partial charge in [-0.05, 0) is 30.7 Å². The van der Waals surface area contributed by atoms with E-state index in [-0.39, 0.29) is 6.61 Å². The maximum absolute atomic E-state index is 11.4. The van der Waals surface area contributed by atoms with Crippen molar-refractivity contribution in [2.24, 2.45) is 0 Å². The molecule has 0 aliphatic rings. The van der Waals surface area contributed by atoms with E-state index in [1.807, 2.05) is 6.92 Å². The number of carbonyl (C=O) groups excluding carboxylic acids is 1. The van der Waals surface area contributed by atoms with Crippen LogP contribution < -0.4 is 5.32 Å². The van der Waals surface area contributed by atoms with Crippen molar-refractivity contribution in [2.75, 3.05) is 25.1 Å². The fourth-order valence-corrected chi connectivity index (χ4v) is 1.24. The van der Waals surface area contributed by atoms with Crippen molar-refractivity contribution in [3.05, 3.63) is 29.8 Å². The predicted molar refractivity (Wildman–Crippen MR) is 70.5 cm³/mol. The quantitative estimate of drug-likeness (QED) is 0.621. The Hall–Kier alpha value is -1.99. The van der Waals surface area contributed by atoms with Crippen molar-refractivity contribution in [3.8, 4) is 12.3 Å². The van der Waals surface area contributed by atoms with Gasteiger partial charge in [0.1, 0.15) is 6.61 Å². The maximum atomic E-state index is 11.4. The third-order valence-electron chi connectivity index (χ3n) is 2.11. The van der Waals surface area contributed by atoms with E-state index in [9.17, 15) is 4.79 Å². The van der Waals surface area contributed by atoms with E-state index in [4.69, 9.17) is 15.9 Å². The van der Waals surface area contributed by atoms with E-state index < -0.39 is 6.09 Å². The minimum Gasteiger partial charge on any atom is -0.447 e. The van der Waals surface area contributed by atoms with Gasteiger partial charge in [-0.1, -0.05) is 12.8 Å². The number of benzene rings is 1. The standard InChI is InChI=1S/C14H17NO3/c1-3-9-17-10-11-18-14(16)15-13-7-5-12(4-2)6-8-13/h2,5-8H,3,9-11H2,1H3,(H,15,16). The van der Waals surface area contributed by atoms with Crippen molar-refractivity contribution in [2.45, 2.75) is 13.3 Å². The monoisotopic (exact) mass is 247 g/mol. The van der Waals surface area contributed by atoms with Crippen LogP contribution in [0, 0.1) is 12.3 Å². The molecule has 0 bridgehead atoms. The average Bonchev–Trinajstić information content (AvgIpc) is 2.39. The number of carbonyl (C=O) groups is 1. The molecule has 0 fully saturated rings. The van der Waals surface area contributed by atoms with E-state index in [2.05, 4.69) is 11.2 Å². The topological polar surface area (TPSA) is 47.6 Å². The van der Waals surface area contributed by atoms with Crippen molar-refractivity contribution in [1.82, 2.24) is 0 Å². The first-order chi connectivity index (χ1) is 8.76. The minimum absolute atomic E-state index is 0.244. The van der Waals surface area contributed by atoms with Crippen molar-refractivity contribution < 1.29 is 14.3 Å². The lowest BCUT2D eigenvalue weighted by atomic mass is 10.2. The molecule has 1 aromatic rings. The SMILES string of the molecule is C#Cc1ccc(NC(=O)OCCOCCC)cc1. The van der Waals surface area contributed by atoms with Crippen LogP contribution in [0.1, 0.15) is 18.9 Å². The summed E-state index contributed by atoms with van der Waals surface area (Å²) in [5, 5.41) is 2.60. The van der Waals surface area contributed by atoms with Crippen molar-refractivity contribution in [3.63, 3.8) is 0 Å². The third kappa shape index (κ3) is 5.37. The molecule has 0 saturated heterocycles. The Morgan fingerprint density at radius 2 is 2.00 bits per heavy atom. The lowest BCUT2D eigenvalue weighted by molar-refractivity contribution is 0.0786. The van der Waals surface area contributed by atoms with Crippen LogP contribution in [0.25, 0.3) is 0 Å². The first kappa shape index (κ1) is 14.1. The Morgan fingerprint density at radius 3 is 2.61 bits per heavy atom. The smallest absolute Gasteiger partial charge is 0.411 e. The first-order valence-corrected chi connectivity index (χ1v) is 5.84. The second kappa shape index (κ2) is 8.15. The Bertz CT molecular complexity index is 406. The van der Waals surface area contributed by atoms with Gasteiger partial charge in [0.2, 0.25) is 0 Å². The van der Waals surface area contributed by atoms with E-state index in [0.717, 1.165) is 12.0 Å². The van der Waals surface area contributed by atoms with Gasteiger partial charge in [-0.25, -0.2) is 4.79 Å². The fraction of sp³-hybridized carbons (Fsp3) is 0.357. The maximum Gasteiger partial charge on any atom is 0.411 e. The highest BCUT2D eigenvalue weighted by atomic mass is 16.6. The molecular formula is C14H17NO3. The summed E-state index contributed by atoms with van der Waals surface area (Å²) in [5.74, 6) is 2.50. The summed E-state index contributed by atoms with van der Waals surface area (Å²) in [6.45, 7) is 3.36. The number of nitrogens with one attached hydrogen (secondary N) is 1. The van der Waals surface area contributed by atoms with Crippen LogP contribution in [-0.4, -0.2) is 25.9 Å². The van der Waals surface area contributed by atoms with E-state index in [1.54, 1.807) is 24.3 Å². The summed E-state index contributed by atoms with van der Waals surface area (Å²) in [6, 6.07) is 6.95. The van der Waals surface area contributed by atoms with Crippen LogP contribution in [0.15, 0.2) is 24.3 Å². The zero-order valence-corrected chi connectivity index (χ0v) is 10.4. The fourth-order valence-electron chi connectivity index (χ4n) is 1.24. The van der Waals surface area contributed by atoms with E-state index in [0.29, 0.717) is 18.9 Å². The van der Waals surface area contributed by atoms with Crippen LogP contribution in [0.4, 0.5) is 10.5 Å². The largest absolute Gasteiger partial charge is 0.447 e. The number of hydrogen-bond donors (Lipinski definition) is 1. The highest BCUT2D eigenvalue weighted by Crippen LogP contribution is 2.08. The van der Waals surface area contributed by atoms with Crippen LogP contribution in [-0.2, 0) is 9.47 Å². The summed E-state index contributed by atoms with van der Waals surface area (Å²) in [6.07, 6.45) is 5.69. The summed E-state index contributed by atoms with van der Waals surface area (Å²) >= 11 is 0. The molecule has 0 saturated carbocycles. The minimum atomic E-state index is -0.497. The highest BCUT2D eigenvalue weighted by molar-refractivity contribution is 5.84. The number of amides is 1. The van der Waals surface area contributed by atoms with E-state index in [1.165, 1.54) is 0 Å². The van der Waals surface area contributed by atoms with Gasteiger partial charge in [0.25, 0.3) is 0 Å². The molecule has 0 unspecified atom stereocenters. The molecule has 96 valence electrons. The molecule has 0 aliphatic carbocycles. The normalized spacial score (nSPS) is 9.56. The molecule has 1 amide bonds. The zero-order valence-electron chi connectivity index (χ0n) is 10.4. The second-order valence-electron chi connectivity index (χ2n) is 3.59. The van der Waals surface area contributed by atoms with Gasteiger partial charge in [0.05, 0.1) is 6.61 Å². The Balaban J connectivity index is 2.25. The number of anilines is 1. The Morgan fingerprint density at radius 1 is 1.28 bits per heavy atom. The second-order valence-corrected chi connectivity index (χ2v) is 3.59. The first-order valence-electron chi connectivity index (χ1n) is 5.84. The Labute approximate surface area is 107 Å². The lowest BCUT2D eigenvalue weighted by Gasteiger charge is -2.07. The molecule has 0 aliphatic heterocycles. The molecule has 0 aromatic heterocycles. The lowest BCUT2D eigenvalue weighted by Crippen LogP contribution is -2.16. The Kier molecular flexibility index (Phi) is 6.37. The third-order valence-corrected chi connectivity index (χ3v) is 2.11. The van der Waals surface area contributed by atoms with Gasteiger partial charge < -0.3 is 9.47 Å². The predicted octanol–water partition coefficient (Wildman–Crippen LogP) is 2.64. The van der Waals surface area contributed by atoms with E-state index >= 15 is 0 Å². The molecular weight excluding hydrogens is 230 g/mol.